The van der Waals surface area contributed by atoms with Crippen molar-refractivity contribution in [2.45, 2.75) is 39.7 Å². The molecule has 0 aliphatic rings. The van der Waals surface area contributed by atoms with Crippen LogP contribution in [0.4, 0.5) is 0 Å². The fraction of sp³-hybridized carbons (Fsp3) is 0.632. The third kappa shape index (κ3) is 9.84. The first kappa shape index (κ1) is 22.0. The fourth-order valence-electron chi connectivity index (χ4n) is 1.98. The van der Waals surface area contributed by atoms with Crippen molar-refractivity contribution >= 4 is 18.6 Å². The number of hydrogen-bond acceptors (Lipinski definition) is 6. The van der Waals surface area contributed by atoms with Gasteiger partial charge >= 0.3 is 0 Å². The summed E-state index contributed by atoms with van der Waals surface area (Å²) in [6.07, 6.45) is 1.63. The number of carbonyl (C=O) groups is 1. The van der Waals surface area contributed by atoms with E-state index in [0.717, 1.165) is 18.6 Å². The molecule has 1 aromatic rings. The molecule has 0 unspecified atom stereocenters. The number of thiol groups is 1. The largest absolute Gasteiger partial charge is 0.494 e. The van der Waals surface area contributed by atoms with E-state index in [1.54, 1.807) is 0 Å². The number of ether oxygens (including phenoxy) is 3. The van der Waals surface area contributed by atoms with E-state index >= 15 is 0 Å². The van der Waals surface area contributed by atoms with Crippen molar-refractivity contribution in [2.75, 3.05) is 33.0 Å². The molecule has 0 radical (unpaired) electrons. The van der Waals surface area contributed by atoms with Crippen molar-refractivity contribution < 1.29 is 19.0 Å². The predicted molar refractivity (Wildman–Crippen MR) is 103 cm³/mol. The molecule has 25 heavy (non-hydrogen) atoms. The Morgan fingerprint density at radius 1 is 1.00 bits per heavy atom. The second-order valence-corrected chi connectivity index (χ2v) is 6.52. The first-order valence-electron chi connectivity index (χ1n) is 8.85. The van der Waals surface area contributed by atoms with E-state index in [-0.39, 0.29) is 24.3 Å². The zero-order chi connectivity index (χ0) is 18.5. The van der Waals surface area contributed by atoms with Crippen LogP contribution in [0.15, 0.2) is 24.3 Å². The molecule has 0 heterocycles. The van der Waals surface area contributed by atoms with Crippen LogP contribution in [0.3, 0.4) is 0 Å². The summed E-state index contributed by atoms with van der Waals surface area (Å²) in [5, 5.41) is 0. The third-order valence-electron chi connectivity index (χ3n) is 3.74. The average Bonchev–Trinajstić information content (AvgIpc) is 2.62. The minimum atomic E-state index is 0.0375. The number of ketones is 1. The zero-order valence-corrected chi connectivity index (χ0v) is 16.4. The molecule has 0 aliphatic carbocycles. The lowest BCUT2D eigenvalue weighted by Crippen LogP contribution is -2.15. The summed E-state index contributed by atoms with van der Waals surface area (Å²) >= 11 is 4.07. The number of nitrogens with one attached hydrogen (secondary N) is 1. The lowest BCUT2D eigenvalue weighted by atomic mass is 10.1. The highest BCUT2D eigenvalue weighted by molar-refractivity contribution is 7.78. The van der Waals surface area contributed by atoms with Crippen LogP contribution >= 0.6 is 12.8 Å². The van der Waals surface area contributed by atoms with Crippen LogP contribution in [0.1, 0.15) is 45.2 Å². The van der Waals surface area contributed by atoms with Crippen molar-refractivity contribution in [3.05, 3.63) is 29.8 Å². The average molecular weight is 370 g/mol. The molecule has 5 nitrogen and oxygen atoms in total. The van der Waals surface area contributed by atoms with Gasteiger partial charge in [-0.2, -0.15) is 0 Å². The van der Waals surface area contributed by atoms with Crippen molar-refractivity contribution in [2.24, 2.45) is 5.92 Å². The van der Waals surface area contributed by atoms with Gasteiger partial charge in [-0.1, -0.05) is 38.8 Å². The van der Waals surface area contributed by atoms with Gasteiger partial charge in [0.05, 0.1) is 6.61 Å². The Hall–Kier alpha value is -1.08. The van der Waals surface area contributed by atoms with E-state index in [4.69, 9.17) is 14.2 Å². The van der Waals surface area contributed by atoms with E-state index in [1.807, 2.05) is 45.0 Å². The van der Waals surface area contributed by atoms with Crippen molar-refractivity contribution in [3.8, 4) is 5.75 Å². The lowest BCUT2D eigenvalue weighted by molar-refractivity contribution is -0.126. The molecule has 0 saturated heterocycles. The highest BCUT2D eigenvalue weighted by Gasteiger charge is 2.06. The van der Waals surface area contributed by atoms with E-state index in [2.05, 4.69) is 17.5 Å². The van der Waals surface area contributed by atoms with Gasteiger partial charge in [-0.15, -0.1) is 0 Å². The van der Waals surface area contributed by atoms with E-state index in [0.29, 0.717) is 26.4 Å². The summed E-state index contributed by atoms with van der Waals surface area (Å²) in [7, 11) is 0. The Bertz CT molecular complexity index is 479. The molecular formula is C19H31NO4S. The smallest absolute Gasteiger partial charge is 0.160 e. The van der Waals surface area contributed by atoms with Crippen molar-refractivity contribution in [3.63, 3.8) is 0 Å². The monoisotopic (exact) mass is 369 g/mol. The first-order chi connectivity index (χ1) is 12.0. The predicted octanol–water partition coefficient (Wildman–Crippen LogP) is 3.60. The highest BCUT2D eigenvalue weighted by atomic mass is 32.1. The Balaban J connectivity index is 1.97. The summed E-state index contributed by atoms with van der Waals surface area (Å²) in [6.45, 7) is 8.49. The van der Waals surface area contributed by atoms with E-state index < -0.39 is 0 Å². The zero-order valence-electron chi connectivity index (χ0n) is 15.5. The highest BCUT2D eigenvalue weighted by Crippen LogP contribution is 2.17. The molecule has 0 saturated carbocycles. The lowest BCUT2D eigenvalue weighted by Gasteiger charge is -2.11. The van der Waals surface area contributed by atoms with Gasteiger partial charge in [0.2, 0.25) is 0 Å². The molecule has 0 aromatic heterocycles. The van der Waals surface area contributed by atoms with Gasteiger partial charge in [-0.05, 0) is 31.0 Å². The molecule has 1 N–H and O–H groups in total. The summed E-state index contributed by atoms with van der Waals surface area (Å²) in [6, 6.07) is 8.20. The maximum atomic E-state index is 11.4. The summed E-state index contributed by atoms with van der Waals surface area (Å²) < 4.78 is 19.4. The summed E-state index contributed by atoms with van der Waals surface area (Å²) in [5.41, 5.74) is 1.17. The number of benzene rings is 1. The van der Waals surface area contributed by atoms with Gasteiger partial charge in [0, 0.05) is 38.2 Å². The molecule has 1 atom stereocenters. The van der Waals surface area contributed by atoms with Gasteiger partial charge in [-0.3, -0.25) is 9.52 Å². The van der Waals surface area contributed by atoms with Gasteiger partial charge in [0.15, 0.2) is 5.78 Å². The molecule has 0 spiro atoms. The molecule has 0 bridgehead atoms. The topological polar surface area (TPSA) is 56.8 Å². The number of hydrogen-bond donors (Lipinski definition) is 2. The molecular weight excluding hydrogens is 338 g/mol. The second-order valence-electron chi connectivity index (χ2n) is 6.26. The first-order valence-corrected chi connectivity index (χ1v) is 9.30. The number of rotatable bonds is 14. The summed E-state index contributed by atoms with van der Waals surface area (Å²) in [5.74, 6) is 1.04. The van der Waals surface area contributed by atoms with Crippen LogP contribution in [0, 0.1) is 5.92 Å². The molecule has 1 rings (SSSR count). The van der Waals surface area contributed by atoms with E-state index in [9.17, 15) is 4.79 Å². The van der Waals surface area contributed by atoms with Crippen LogP contribution in [-0.2, 0) is 14.3 Å². The number of carbonyl (C=O) groups excluding carboxylic acids is 1. The molecule has 0 aliphatic heterocycles. The maximum absolute atomic E-state index is 11.4. The Morgan fingerprint density at radius 3 is 2.20 bits per heavy atom. The van der Waals surface area contributed by atoms with Crippen molar-refractivity contribution in [1.82, 2.24) is 4.72 Å². The minimum absolute atomic E-state index is 0.0375. The summed E-state index contributed by atoms with van der Waals surface area (Å²) in [4.78, 5) is 11.4. The van der Waals surface area contributed by atoms with Gasteiger partial charge in [0.1, 0.15) is 12.4 Å². The SMILES string of the molecule is CC(C)C(=O)COCCCOCCCOc1ccc([C@@H](C)NS)cc1. The normalized spacial score (nSPS) is 12.4. The molecule has 142 valence electrons. The molecule has 1 aromatic carbocycles. The van der Waals surface area contributed by atoms with Crippen LogP contribution in [0.25, 0.3) is 0 Å². The molecule has 0 amide bonds. The van der Waals surface area contributed by atoms with Gasteiger partial charge in [-0.25, -0.2) is 0 Å². The van der Waals surface area contributed by atoms with E-state index in [1.165, 1.54) is 5.56 Å². The molecule has 0 fully saturated rings. The Morgan fingerprint density at radius 2 is 1.60 bits per heavy atom. The van der Waals surface area contributed by atoms with Crippen LogP contribution in [0.5, 0.6) is 5.75 Å². The quantitative estimate of drug-likeness (QED) is 0.388. The van der Waals surface area contributed by atoms with Crippen molar-refractivity contribution in [1.29, 1.82) is 0 Å². The van der Waals surface area contributed by atoms with Gasteiger partial charge < -0.3 is 14.2 Å². The van der Waals surface area contributed by atoms with Gasteiger partial charge in [0.25, 0.3) is 0 Å². The fourth-order valence-corrected chi connectivity index (χ4v) is 2.13. The Labute approximate surface area is 157 Å². The van der Waals surface area contributed by atoms with Crippen LogP contribution in [0.2, 0.25) is 0 Å². The third-order valence-corrected chi connectivity index (χ3v) is 4.13. The number of Topliss-reactive ketones (excluding diaryl/α,β-unsaturated/α-hetero) is 1. The standard InChI is InChI=1S/C19H31NO4S/c1-15(2)19(21)14-23-12-4-10-22-11-5-13-24-18-8-6-17(7-9-18)16(3)20-25/h6-9,15-16,20,25H,4-5,10-14H2,1-3H3/t16-/m1/s1. The molecule has 6 heteroatoms. The maximum Gasteiger partial charge on any atom is 0.160 e. The van der Waals surface area contributed by atoms with Crippen LogP contribution in [-0.4, -0.2) is 38.8 Å². The minimum Gasteiger partial charge on any atom is -0.494 e. The van der Waals surface area contributed by atoms with Crippen LogP contribution < -0.4 is 9.46 Å². The Kier molecular flexibility index (Phi) is 11.6. The second kappa shape index (κ2) is 13.2.